The van der Waals surface area contributed by atoms with E-state index in [0.717, 1.165) is 11.8 Å². The lowest BCUT2D eigenvalue weighted by Crippen LogP contribution is -2.20. The fraction of sp³-hybridized carbons (Fsp3) is 0.500. The number of allylic oxidation sites excluding steroid dienone is 1. The summed E-state index contributed by atoms with van der Waals surface area (Å²) in [5.74, 6) is 1.79. The van der Waals surface area contributed by atoms with Crippen LogP contribution < -0.4 is 0 Å². The monoisotopic (exact) mass is 190 g/mol. The van der Waals surface area contributed by atoms with Gasteiger partial charge in [0.25, 0.3) is 0 Å². The molecule has 3 rings (SSSR count). The SMILES string of the molecule is CCC1c2cc3sc2C1CCC=C3. The van der Waals surface area contributed by atoms with Crippen LogP contribution in [0.5, 0.6) is 0 Å². The Hall–Kier alpha value is -0.560. The molecule has 0 nitrogen and oxygen atoms in total. The molecule has 0 amide bonds. The maximum atomic E-state index is 2.41. The Bertz CT molecular complexity index is 359. The minimum Gasteiger partial charge on any atom is -0.140 e. The van der Waals surface area contributed by atoms with Crippen molar-refractivity contribution in [3.63, 3.8) is 0 Å². The standard InChI is InChI=1S/C12H14S/c1-2-9-10-6-4-3-5-8-7-11(9)12(10)13-8/h3,5,7,9-10H,2,4,6H2,1H3. The Morgan fingerprint density at radius 2 is 2.46 bits per heavy atom. The van der Waals surface area contributed by atoms with Crippen LogP contribution in [0.4, 0.5) is 0 Å². The zero-order valence-corrected chi connectivity index (χ0v) is 8.73. The zero-order chi connectivity index (χ0) is 8.84. The van der Waals surface area contributed by atoms with Gasteiger partial charge < -0.3 is 0 Å². The van der Waals surface area contributed by atoms with Gasteiger partial charge in [-0.1, -0.05) is 13.0 Å². The van der Waals surface area contributed by atoms with Gasteiger partial charge in [0.05, 0.1) is 0 Å². The molecule has 2 heterocycles. The Labute approximate surface area is 83.3 Å². The number of fused-ring (bicyclic) bond motifs is 1. The third-order valence-electron chi connectivity index (χ3n) is 3.40. The van der Waals surface area contributed by atoms with Gasteiger partial charge in [0, 0.05) is 15.7 Å². The van der Waals surface area contributed by atoms with Crippen molar-refractivity contribution < 1.29 is 0 Å². The molecule has 1 heteroatoms. The molecule has 1 aliphatic heterocycles. The van der Waals surface area contributed by atoms with Crippen LogP contribution in [0.2, 0.25) is 0 Å². The molecule has 68 valence electrons. The van der Waals surface area contributed by atoms with Crippen LogP contribution in [0.15, 0.2) is 12.1 Å². The molecule has 13 heavy (non-hydrogen) atoms. The van der Waals surface area contributed by atoms with E-state index in [9.17, 15) is 0 Å². The lowest BCUT2D eigenvalue weighted by molar-refractivity contribution is 0.446. The van der Waals surface area contributed by atoms with Gasteiger partial charge in [-0.25, -0.2) is 0 Å². The Balaban J connectivity index is 2.10. The summed E-state index contributed by atoms with van der Waals surface area (Å²) in [6, 6.07) is 2.41. The highest BCUT2D eigenvalue weighted by Gasteiger charge is 2.38. The van der Waals surface area contributed by atoms with Gasteiger partial charge in [-0.05, 0) is 42.9 Å². The molecule has 1 aromatic heterocycles. The predicted octanol–water partition coefficient (Wildman–Crippen LogP) is 4.15. The number of thiophene rings is 1. The average Bonchev–Trinajstić information content (AvgIpc) is 2.50. The molecule has 2 bridgehead atoms. The van der Waals surface area contributed by atoms with E-state index in [0.29, 0.717) is 0 Å². The fourth-order valence-corrected chi connectivity index (χ4v) is 4.08. The fourth-order valence-electron chi connectivity index (χ4n) is 2.72. The number of hydrogen-bond donors (Lipinski definition) is 0. The van der Waals surface area contributed by atoms with Crippen molar-refractivity contribution in [1.82, 2.24) is 0 Å². The van der Waals surface area contributed by atoms with Crippen molar-refractivity contribution in [3.8, 4) is 0 Å². The predicted molar refractivity (Wildman–Crippen MR) is 58.4 cm³/mol. The molecule has 2 unspecified atom stereocenters. The molecule has 2 atom stereocenters. The van der Waals surface area contributed by atoms with Gasteiger partial charge in [-0.2, -0.15) is 0 Å². The number of rotatable bonds is 1. The maximum Gasteiger partial charge on any atom is 0.0273 e. The molecule has 0 saturated heterocycles. The van der Waals surface area contributed by atoms with Gasteiger partial charge in [0.1, 0.15) is 0 Å². The molecule has 1 aromatic rings. The van der Waals surface area contributed by atoms with Gasteiger partial charge in [-0.3, -0.25) is 0 Å². The summed E-state index contributed by atoms with van der Waals surface area (Å²) in [6.45, 7) is 2.32. The van der Waals surface area contributed by atoms with Crippen LogP contribution in [0.1, 0.15) is 53.3 Å². The second-order valence-electron chi connectivity index (χ2n) is 4.07. The van der Waals surface area contributed by atoms with Gasteiger partial charge in [-0.15, -0.1) is 11.3 Å². The maximum absolute atomic E-state index is 2.41. The van der Waals surface area contributed by atoms with Crippen LogP contribution in [0, 0.1) is 0 Å². The van der Waals surface area contributed by atoms with Crippen LogP contribution in [0.3, 0.4) is 0 Å². The number of hydrogen-bond acceptors (Lipinski definition) is 1. The summed E-state index contributed by atoms with van der Waals surface area (Å²) < 4.78 is 0. The zero-order valence-electron chi connectivity index (χ0n) is 7.92. The lowest BCUT2D eigenvalue weighted by Gasteiger charge is -2.36. The van der Waals surface area contributed by atoms with E-state index in [1.54, 1.807) is 10.4 Å². The first-order valence-corrected chi connectivity index (χ1v) is 6.02. The van der Waals surface area contributed by atoms with E-state index < -0.39 is 0 Å². The van der Waals surface area contributed by atoms with Gasteiger partial charge in [0.2, 0.25) is 0 Å². The first-order valence-electron chi connectivity index (χ1n) is 5.20. The summed E-state index contributed by atoms with van der Waals surface area (Å²) >= 11 is 2.02. The van der Waals surface area contributed by atoms with E-state index in [1.165, 1.54) is 24.1 Å². The van der Waals surface area contributed by atoms with E-state index in [-0.39, 0.29) is 0 Å². The Kier molecular flexibility index (Phi) is 1.63. The molecule has 0 aromatic carbocycles. The highest BCUT2D eigenvalue weighted by molar-refractivity contribution is 7.13. The summed E-state index contributed by atoms with van der Waals surface area (Å²) in [7, 11) is 0. The smallest absolute Gasteiger partial charge is 0.0273 e. The van der Waals surface area contributed by atoms with Crippen LogP contribution in [0.25, 0.3) is 6.08 Å². The quantitative estimate of drug-likeness (QED) is 0.624. The largest absolute Gasteiger partial charge is 0.140 e. The second kappa shape index (κ2) is 2.71. The Morgan fingerprint density at radius 1 is 1.54 bits per heavy atom. The average molecular weight is 190 g/mol. The van der Waals surface area contributed by atoms with E-state index in [2.05, 4.69) is 25.1 Å². The highest BCUT2D eigenvalue weighted by atomic mass is 32.1. The molecule has 0 radical (unpaired) electrons. The van der Waals surface area contributed by atoms with Crippen molar-refractivity contribution in [2.75, 3.05) is 0 Å². The van der Waals surface area contributed by atoms with Gasteiger partial charge >= 0.3 is 0 Å². The Morgan fingerprint density at radius 3 is 3.31 bits per heavy atom. The molecule has 0 N–H and O–H groups in total. The van der Waals surface area contributed by atoms with Crippen molar-refractivity contribution in [2.24, 2.45) is 0 Å². The van der Waals surface area contributed by atoms with Crippen molar-refractivity contribution in [1.29, 1.82) is 0 Å². The minimum absolute atomic E-state index is 0.889. The van der Waals surface area contributed by atoms with E-state index in [4.69, 9.17) is 0 Å². The van der Waals surface area contributed by atoms with E-state index >= 15 is 0 Å². The normalized spacial score (nSPS) is 29.3. The third kappa shape index (κ3) is 0.969. The molecule has 1 aliphatic carbocycles. The van der Waals surface area contributed by atoms with Crippen LogP contribution >= 0.6 is 11.3 Å². The highest BCUT2D eigenvalue weighted by Crippen LogP contribution is 2.55. The minimum atomic E-state index is 0.889. The summed E-state index contributed by atoms with van der Waals surface area (Å²) in [5, 5.41) is 0. The van der Waals surface area contributed by atoms with Crippen molar-refractivity contribution >= 4 is 17.4 Å². The topological polar surface area (TPSA) is 0 Å². The summed E-state index contributed by atoms with van der Waals surface area (Å²) in [4.78, 5) is 3.18. The van der Waals surface area contributed by atoms with Crippen molar-refractivity contribution in [3.05, 3.63) is 27.5 Å². The second-order valence-corrected chi connectivity index (χ2v) is 5.18. The molecule has 2 aliphatic rings. The molecule has 0 saturated carbocycles. The first kappa shape index (κ1) is 7.81. The third-order valence-corrected chi connectivity index (χ3v) is 4.65. The first-order chi connectivity index (χ1) is 6.40. The molecule has 0 spiro atoms. The van der Waals surface area contributed by atoms with Crippen molar-refractivity contribution in [2.45, 2.75) is 38.0 Å². The lowest BCUT2D eigenvalue weighted by atomic mass is 9.70. The molecule has 0 fully saturated rings. The molecular weight excluding hydrogens is 176 g/mol. The summed E-state index contributed by atoms with van der Waals surface area (Å²) in [6.07, 6.45) is 8.61. The van der Waals surface area contributed by atoms with Gasteiger partial charge in [0.15, 0.2) is 0 Å². The van der Waals surface area contributed by atoms with E-state index in [1.807, 2.05) is 11.3 Å². The summed E-state index contributed by atoms with van der Waals surface area (Å²) in [5.41, 5.74) is 1.67. The van der Waals surface area contributed by atoms with Crippen LogP contribution in [-0.4, -0.2) is 0 Å². The van der Waals surface area contributed by atoms with Crippen LogP contribution in [-0.2, 0) is 0 Å². The molecular formula is C12H14S.